The number of carbonyl (C=O) groups excluding carboxylic acids is 1. The smallest absolute Gasteiger partial charge is 0.269 e. The number of anilines is 1. The van der Waals surface area contributed by atoms with Gasteiger partial charge in [0.05, 0.1) is 11.4 Å². The molecular formula is C19H13FN4OS2. The summed E-state index contributed by atoms with van der Waals surface area (Å²) in [7, 11) is 0. The highest BCUT2D eigenvalue weighted by Gasteiger charge is 2.18. The quantitative estimate of drug-likeness (QED) is 0.525. The molecule has 1 aromatic carbocycles. The first-order valence-electron chi connectivity index (χ1n) is 8.02. The molecule has 8 heteroatoms. The molecule has 0 aliphatic heterocycles. The largest absolute Gasteiger partial charge is 0.297 e. The van der Waals surface area contributed by atoms with Gasteiger partial charge in [-0.1, -0.05) is 18.2 Å². The Morgan fingerprint density at radius 3 is 2.78 bits per heavy atom. The normalized spacial score (nSPS) is 10.7. The third kappa shape index (κ3) is 3.76. The highest BCUT2D eigenvalue weighted by molar-refractivity contribution is 7.17. The van der Waals surface area contributed by atoms with Crippen molar-refractivity contribution in [3.05, 3.63) is 70.4 Å². The minimum Gasteiger partial charge on any atom is -0.297 e. The van der Waals surface area contributed by atoms with Crippen molar-refractivity contribution in [3.8, 4) is 22.0 Å². The number of benzene rings is 1. The zero-order chi connectivity index (χ0) is 18.8. The van der Waals surface area contributed by atoms with Crippen LogP contribution < -0.4 is 5.32 Å². The highest BCUT2D eigenvalue weighted by atomic mass is 32.1. The number of pyridine rings is 1. The maximum absolute atomic E-state index is 13.4. The van der Waals surface area contributed by atoms with Crippen LogP contribution in [0.5, 0.6) is 0 Å². The van der Waals surface area contributed by atoms with Gasteiger partial charge in [0.25, 0.3) is 5.91 Å². The summed E-state index contributed by atoms with van der Waals surface area (Å²) < 4.78 is 13.4. The highest BCUT2D eigenvalue weighted by Crippen LogP contribution is 2.30. The maximum Gasteiger partial charge on any atom is 0.269 e. The van der Waals surface area contributed by atoms with E-state index in [1.807, 2.05) is 23.6 Å². The molecule has 3 aromatic heterocycles. The monoisotopic (exact) mass is 396 g/mol. The van der Waals surface area contributed by atoms with Crippen LogP contribution in [0.15, 0.2) is 54.0 Å². The number of hydrogen-bond acceptors (Lipinski definition) is 6. The molecule has 0 saturated heterocycles. The number of nitrogens with zero attached hydrogens (tertiary/aromatic N) is 3. The molecule has 0 unspecified atom stereocenters. The molecule has 1 N–H and O–H groups in total. The van der Waals surface area contributed by atoms with Crippen molar-refractivity contribution in [2.75, 3.05) is 5.32 Å². The molecule has 27 heavy (non-hydrogen) atoms. The Morgan fingerprint density at radius 2 is 2.00 bits per heavy atom. The number of hydrogen-bond donors (Lipinski definition) is 1. The third-order valence-electron chi connectivity index (χ3n) is 3.73. The zero-order valence-corrected chi connectivity index (χ0v) is 15.8. The van der Waals surface area contributed by atoms with Crippen molar-refractivity contribution in [1.82, 2.24) is 15.0 Å². The second-order valence-corrected chi connectivity index (χ2v) is 7.51. The Balaban J connectivity index is 1.55. The van der Waals surface area contributed by atoms with E-state index >= 15 is 0 Å². The lowest BCUT2D eigenvalue weighted by atomic mass is 10.2. The van der Waals surface area contributed by atoms with E-state index in [9.17, 15) is 9.18 Å². The van der Waals surface area contributed by atoms with Crippen LogP contribution in [0.25, 0.3) is 22.0 Å². The van der Waals surface area contributed by atoms with E-state index in [0.29, 0.717) is 32.0 Å². The molecule has 5 nitrogen and oxygen atoms in total. The average molecular weight is 396 g/mol. The minimum atomic E-state index is -0.337. The van der Waals surface area contributed by atoms with Crippen molar-refractivity contribution in [2.45, 2.75) is 6.92 Å². The van der Waals surface area contributed by atoms with Crippen molar-refractivity contribution in [2.24, 2.45) is 0 Å². The number of aryl methyl sites for hydroxylation is 1. The summed E-state index contributed by atoms with van der Waals surface area (Å²) in [6, 6.07) is 11.7. The SMILES string of the molecule is Cc1nc(-c2cccc(F)c2)sc1C(=O)Nc1nc(-c2ccccn2)cs1. The van der Waals surface area contributed by atoms with E-state index in [2.05, 4.69) is 20.3 Å². The predicted octanol–water partition coefficient (Wildman–Crippen LogP) is 5.03. The Labute approximate surface area is 162 Å². The van der Waals surface area contributed by atoms with E-state index in [1.165, 1.54) is 34.8 Å². The molecule has 0 aliphatic carbocycles. The van der Waals surface area contributed by atoms with Gasteiger partial charge in [0.15, 0.2) is 5.13 Å². The fraction of sp³-hybridized carbons (Fsp3) is 0.0526. The van der Waals surface area contributed by atoms with Crippen LogP contribution in [0, 0.1) is 12.7 Å². The number of thiazole rings is 2. The van der Waals surface area contributed by atoms with Gasteiger partial charge in [0.1, 0.15) is 21.4 Å². The van der Waals surface area contributed by atoms with E-state index in [4.69, 9.17) is 0 Å². The number of nitrogens with one attached hydrogen (secondary N) is 1. The van der Waals surface area contributed by atoms with Gasteiger partial charge < -0.3 is 0 Å². The van der Waals surface area contributed by atoms with Crippen molar-refractivity contribution < 1.29 is 9.18 Å². The van der Waals surface area contributed by atoms with Gasteiger partial charge >= 0.3 is 0 Å². The average Bonchev–Trinajstić information content (AvgIpc) is 3.29. The van der Waals surface area contributed by atoms with Crippen molar-refractivity contribution in [3.63, 3.8) is 0 Å². The molecule has 4 rings (SSSR count). The van der Waals surface area contributed by atoms with Gasteiger partial charge in [-0.3, -0.25) is 15.1 Å². The van der Waals surface area contributed by atoms with Crippen LogP contribution in [0.4, 0.5) is 9.52 Å². The van der Waals surface area contributed by atoms with Crippen molar-refractivity contribution >= 4 is 33.7 Å². The summed E-state index contributed by atoms with van der Waals surface area (Å²) in [5, 5.41) is 5.73. The second-order valence-electron chi connectivity index (χ2n) is 5.65. The van der Waals surface area contributed by atoms with Crippen LogP contribution in [-0.2, 0) is 0 Å². The summed E-state index contributed by atoms with van der Waals surface area (Å²) >= 11 is 2.56. The molecule has 0 bridgehead atoms. The fourth-order valence-corrected chi connectivity index (χ4v) is 4.13. The van der Waals surface area contributed by atoms with Gasteiger partial charge in [0, 0.05) is 17.1 Å². The molecule has 0 spiro atoms. The molecule has 1 amide bonds. The molecule has 134 valence electrons. The lowest BCUT2D eigenvalue weighted by molar-refractivity contribution is 0.103. The van der Waals surface area contributed by atoms with Gasteiger partial charge in [-0.25, -0.2) is 14.4 Å². The maximum atomic E-state index is 13.4. The Hall–Kier alpha value is -2.97. The van der Waals surface area contributed by atoms with Crippen LogP contribution in [0.3, 0.4) is 0 Å². The van der Waals surface area contributed by atoms with Gasteiger partial charge in [0.2, 0.25) is 0 Å². The molecule has 0 saturated carbocycles. The van der Waals surface area contributed by atoms with E-state index in [0.717, 1.165) is 5.69 Å². The van der Waals surface area contributed by atoms with E-state index in [1.54, 1.807) is 25.3 Å². The topological polar surface area (TPSA) is 67.8 Å². The number of amides is 1. The number of halogens is 1. The lowest BCUT2D eigenvalue weighted by Gasteiger charge is -1.99. The first-order chi connectivity index (χ1) is 13.1. The Kier molecular flexibility index (Phi) is 4.74. The summed E-state index contributed by atoms with van der Waals surface area (Å²) in [4.78, 5) is 26.2. The van der Waals surface area contributed by atoms with Crippen LogP contribution >= 0.6 is 22.7 Å². The Bertz CT molecular complexity index is 1110. The van der Waals surface area contributed by atoms with Gasteiger partial charge in [-0.05, 0) is 31.2 Å². The predicted molar refractivity (Wildman–Crippen MR) is 106 cm³/mol. The van der Waals surface area contributed by atoms with Gasteiger partial charge in [-0.2, -0.15) is 0 Å². The lowest BCUT2D eigenvalue weighted by Crippen LogP contribution is -2.11. The van der Waals surface area contributed by atoms with E-state index in [-0.39, 0.29) is 11.7 Å². The second kappa shape index (κ2) is 7.34. The number of aromatic nitrogens is 3. The van der Waals surface area contributed by atoms with Crippen LogP contribution in [0.2, 0.25) is 0 Å². The summed E-state index contributed by atoms with van der Waals surface area (Å²) in [5.41, 5.74) is 2.70. The minimum absolute atomic E-state index is 0.283. The van der Waals surface area contributed by atoms with Crippen molar-refractivity contribution in [1.29, 1.82) is 0 Å². The van der Waals surface area contributed by atoms with Crippen LogP contribution in [0.1, 0.15) is 15.4 Å². The third-order valence-corrected chi connectivity index (χ3v) is 5.69. The summed E-state index contributed by atoms with van der Waals surface area (Å²) in [6.45, 7) is 1.76. The first-order valence-corrected chi connectivity index (χ1v) is 9.71. The zero-order valence-electron chi connectivity index (χ0n) is 14.1. The van der Waals surface area contributed by atoms with E-state index < -0.39 is 0 Å². The molecule has 4 aromatic rings. The molecular weight excluding hydrogens is 383 g/mol. The summed E-state index contributed by atoms with van der Waals surface area (Å²) in [6.07, 6.45) is 1.70. The molecule has 0 fully saturated rings. The summed E-state index contributed by atoms with van der Waals surface area (Å²) in [5.74, 6) is -0.620. The molecule has 3 heterocycles. The number of rotatable bonds is 4. The van der Waals surface area contributed by atoms with Gasteiger partial charge in [-0.15, -0.1) is 22.7 Å². The first kappa shape index (κ1) is 17.4. The molecule has 0 aliphatic rings. The fourth-order valence-electron chi connectivity index (χ4n) is 2.47. The Morgan fingerprint density at radius 1 is 1.11 bits per heavy atom. The number of carbonyl (C=O) groups is 1. The molecule has 0 radical (unpaired) electrons. The standard InChI is InChI=1S/C19H13FN4OS2/c1-11-16(27-18(22-11)12-5-4-6-13(20)9-12)17(25)24-19-23-15(10-26-19)14-7-2-3-8-21-14/h2-10H,1H3,(H,23,24,25). The molecule has 0 atom stereocenters. The van der Waals surface area contributed by atoms with Crippen LogP contribution in [-0.4, -0.2) is 20.9 Å².